The smallest absolute Gasteiger partial charge is 0.326 e. The van der Waals surface area contributed by atoms with Crippen LogP contribution in [0.2, 0.25) is 0 Å². The highest BCUT2D eigenvalue weighted by atomic mass is 32.2. The number of hydrogen-bond acceptors (Lipinski definition) is 4. The molecule has 1 fully saturated rings. The Bertz CT molecular complexity index is 1640. The van der Waals surface area contributed by atoms with Crippen LogP contribution >= 0.6 is 0 Å². The zero-order valence-electron chi connectivity index (χ0n) is 25.3. The third-order valence-electron chi connectivity index (χ3n) is 8.61. The maximum Gasteiger partial charge on any atom is 0.326 e. The van der Waals surface area contributed by atoms with Gasteiger partial charge in [0.1, 0.15) is 12.1 Å². The molecule has 9 nitrogen and oxygen atoms in total. The van der Waals surface area contributed by atoms with Gasteiger partial charge in [-0.25, -0.2) is 4.79 Å². The molecule has 5 N–H and O–H groups in total. The topological polar surface area (TPSA) is 144 Å². The molecule has 4 atom stereocenters. The van der Waals surface area contributed by atoms with Crippen molar-refractivity contribution >= 4 is 50.4 Å². The number of aliphatic carboxylic acids is 1. The Labute approximate surface area is 260 Å². The van der Waals surface area contributed by atoms with E-state index in [1.807, 2.05) is 68.6 Å². The van der Waals surface area contributed by atoms with Gasteiger partial charge in [0.15, 0.2) is 0 Å². The summed E-state index contributed by atoms with van der Waals surface area (Å²) >= 11 is 0. The quantitative estimate of drug-likeness (QED) is 0.137. The van der Waals surface area contributed by atoms with Crippen molar-refractivity contribution in [2.75, 3.05) is 5.75 Å². The standard InChI is InChI=1S/C34H42N4O5S/c1-21(2)15-24(20-44(43)25-9-3-4-10-25)32(39)37-30(16-22-18-35-28-13-7-5-11-26(22)28)33(40)38-31(34(41)42)17-23-19-36-29-14-8-6-12-27(23)29/h5-8,11-14,18-19,21,24-25,30-31,35-36H,3-4,9-10,15-17,20H2,1-2H3,(H,37,39)(H,38,40)(H,41,42). The van der Waals surface area contributed by atoms with Crippen LogP contribution in [0.4, 0.5) is 0 Å². The van der Waals surface area contributed by atoms with E-state index in [2.05, 4.69) is 20.6 Å². The van der Waals surface area contributed by atoms with Gasteiger partial charge >= 0.3 is 5.97 Å². The van der Waals surface area contributed by atoms with Gasteiger partial charge in [-0.15, -0.1) is 0 Å². The van der Waals surface area contributed by atoms with E-state index in [0.717, 1.165) is 58.6 Å². The van der Waals surface area contributed by atoms with E-state index < -0.39 is 40.7 Å². The molecule has 1 aliphatic carbocycles. The third-order valence-corrected chi connectivity index (χ3v) is 10.6. The van der Waals surface area contributed by atoms with Gasteiger partial charge < -0.3 is 25.7 Å². The summed E-state index contributed by atoms with van der Waals surface area (Å²) in [6, 6.07) is 13.1. The van der Waals surface area contributed by atoms with Gasteiger partial charge in [-0.05, 0) is 48.4 Å². The first kappa shape index (κ1) is 31.5. The molecular weight excluding hydrogens is 576 g/mol. The van der Waals surface area contributed by atoms with Gasteiger partial charge in [-0.3, -0.25) is 13.8 Å². The van der Waals surface area contributed by atoms with Crippen molar-refractivity contribution in [1.29, 1.82) is 0 Å². The predicted octanol–water partition coefficient (Wildman–Crippen LogP) is 4.84. The molecule has 2 aromatic carbocycles. The fourth-order valence-electron chi connectivity index (χ4n) is 6.32. The summed E-state index contributed by atoms with van der Waals surface area (Å²) in [5, 5.41) is 17.7. The van der Waals surface area contributed by atoms with E-state index in [-0.39, 0.29) is 35.7 Å². The molecule has 0 saturated heterocycles. The number of aromatic nitrogens is 2. The number of carbonyl (C=O) groups excluding carboxylic acids is 2. The molecule has 4 aromatic rings. The lowest BCUT2D eigenvalue weighted by molar-refractivity contribution is -0.142. The molecule has 44 heavy (non-hydrogen) atoms. The molecule has 1 saturated carbocycles. The SMILES string of the molecule is CC(C)CC(CS(=O)C1CCCC1)C(=O)NC(Cc1c[nH]c2ccccc12)C(=O)NC(Cc1c[nH]c2ccccc12)C(=O)O. The van der Waals surface area contributed by atoms with Crippen molar-refractivity contribution in [1.82, 2.24) is 20.6 Å². The van der Waals surface area contributed by atoms with E-state index in [1.54, 1.807) is 6.20 Å². The minimum Gasteiger partial charge on any atom is -0.480 e. The van der Waals surface area contributed by atoms with Crippen LogP contribution < -0.4 is 10.6 Å². The summed E-state index contributed by atoms with van der Waals surface area (Å²) in [6.45, 7) is 4.05. The molecule has 0 radical (unpaired) electrons. The van der Waals surface area contributed by atoms with E-state index in [9.17, 15) is 23.7 Å². The monoisotopic (exact) mass is 618 g/mol. The highest BCUT2D eigenvalue weighted by molar-refractivity contribution is 7.85. The van der Waals surface area contributed by atoms with Crippen LogP contribution in [0.1, 0.15) is 57.1 Å². The second kappa shape index (κ2) is 14.2. The number of nitrogens with one attached hydrogen (secondary N) is 4. The molecule has 2 amide bonds. The molecule has 234 valence electrons. The number of carbonyl (C=O) groups is 3. The van der Waals surface area contributed by atoms with Gasteiger partial charge in [0, 0.05) is 74.8 Å². The Kier molecular flexibility index (Phi) is 10.2. The number of benzene rings is 2. The van der Waals surface area contributed by atoms with Crippen LogP contribution in [0.5, 0.6) is 0 Å². The van der Waals surface area contributed by atoms with Crippen LogP contribution in [-0.4, -0.2) is 60.2 Å². The summed E-state index contributed by atoms with van der Waals surface area (Å²) in [7, 11) is -1.13. The zero-order valence-corrected chi connectivity index (χ0v) is 26.1. The number of H-pyrrole nitrogens is 2. The average Bonchev–Trinajstić information content (AvgIpc) is 3.77. The summed E-state index contributed by atoms with van der Waals surface area (Å²) < 4.78 is 13.2. The molecule has 10 heteroatoms. The highest BCUT2D eigenvalue weighted by Crippen LogP contribution is 2.26. The first-order chi connectivity index (χ1) is 21.2. The second-order valence-electron chi connectivity index (χ2n) is 12.4. The van der Waals surface area contributed by atoms with Crippen molar-refractivity contribution in [2.24, 2.45) is 11.8 Å². The lowest BCUT2D eigenvalue weighted by atomic mass is 9.96. The third kappa shape index (κ3) is 7.59. The number of amides is 2. The van der Waals surface area contributed by atoms with Crippen LogP contribution in [0.3, 0.4) is 0 Å². The molecule has 1 aliphatic rings. The molecular formula is C34H42N4O5S. The Balaban J connectivity index is 1.38. The summed E-state index contributed by atoms with van der Waals surface area (Å²) in [6.07, 6.45) is 8.33. The number of fused-ring (bicyclic) bond motifs is 2. The van der Waals surface area contributed by atoms with Gasteiger partial charge in [0.2, 0.25) is 11.8 Å². The first-order valence-electron chi connectivity index (χ1n) is 15.5. The molecule has 4 unspecified atom stereocenters. The van der Waals surface area contributed by atoms with E-state index >= 15 is 0 Å². The van der Waals surface area contributed by atoms with Crippen molar-refractivity contribution in [3.63, 3.8) is 0 Å². The maximum atomic E-state index is 13.9. The normalized spacial score (nSPS) is 16.6. The molecule has 0 bridgehead atoms. The average molecular weight is 619 g/mol. The molecule has 2 aromatic heterocycles. The minimum atomic E-state index is -1.20. The molecule has 0 aliphatic heterocycles. The number of rotatable bonds is 14. The fourth-order valence-corrected chi connectivity index (χ4v) is 8.13. The Hall–Kier alpha value is -3.92. The van der Waals surface area contributed by atoms with Gasteiger partial charge in [0.25, 0.3) is 0 Å². The maximum absolute atomic E-state index is 13.9. The van der Waals surface area contributed by atoms with Gasteiger partial charge in [-0.1, -0.05) is 63.1 Å². The number of aromatic amines is 2. The predicted molar refractivity (Wildman–Crippen MR) is 174 cm³/mol. The Morgan fingerprint density at radius 3 is 1.91 bits per heavy atom. The van der Waals surface area contributed by atoms with Crippen molar-refractivity contribution in [3.8, 4) is 0 Å². The van der Waals surface area contributed by atoms with E-state index in [4.69, 9.17) is 0 Å². The summed E-state index contributed by atoms with van der Waals surface area (Å²) in [5.74, 6) is -2.12. The second-order valence-corrected chi connectivity index (χ2v) is 14.1. The molecule has 5 rings (SSSR count). The van der Waals surface area contributed by atoms with E-state index in [0.29, 0.717) is 6.42 Å². The number of para-hydroxylation sites is 2. The Morgan fingerprint density at radius 2 is 1.36 bits per heavy atom. The van der Waals surface area contributed by atoms with Crippen LogP contribution in [0.25, 0.3) is 21.8 Å². The minimum absolute atomic E-state index is 0.0786. The lowest BCUT2D eigenvalue weighted by Gasteiger charge is -2.25. The molecule has 0 spiro atoms. The van der Waals surface area contributed by atoms with Gasteiger partial charge in [0.05, 0.1) is 0 Å². The van der Waals surface area contributed by atoms with Crippen LogP contribution in [0, 0.1) is 11.8 Å². The van der Waals surface area contributed by atoms with Crippen molar-refractivity contribution in [3.05, 3.63) is 72.1 Å². The lowest BCUT2D eigenvalue weighted by Crippen LogP contribution is -2.54. The molecule has 2 heterocycles. The highest BCUT2D eigenvalue weighted by Gasteiger charge is 2.32. The van der Waals surface area contributed by atoms with Crippen molar-refractivity contribution < 1.29 is 23.7 Å². The number of carboxylic acid groups (broad SMARTS) is 1. The number of carboxylic acids is 1. The first-order valence-corrected chi connectivity index (χ1v) is 16.9. The largest absolute Gasteiger partial charge is 0.480 e. The fraction of sp³-hybridized carbons (Fsp3) is 0.441. The van der Waals surface area contributed by atoms with Gasteiger partial charge in [-0.2, -0.15) is 0 Å². The Morgan fingerprint density at radius 1 is 0.841 bits per heavy atom. The van der Waals surface area contributed by atoms with Crippen LogP contribution in [-0.2, 0) is 38.0 Å². The number of hydrogen-bond donors (Lipinski definition) is 5. The zero-order chi connectivity index (χ0) is 31.2. The summed E-state index contributed by atoms with van der Waals surface area (Å²) in [4.78, 5) is 46.4. The van der Waals surface area contributed by atoms with Crippen LogP contribution in [0.15, 0.2) is 60.9 Å². The van der Waals surface area contributed by atoms with E-state index in [1.165, 1.54) is 0 Å². The summed E-state index contributed by atoms with van der Waals surface area (Å²) in [5.41, 5.74) is 3.39. The van der Waals surface area contributed by atoms with Crippen molar-refractivity contribution in [2.45, 2.75) is 76.1 Å².